The van der Waals surface area contributed by atoms with Crippen LogP contribution in [-0.2, 0) is 9.59 Å². The average Bonchev–Trinajstić information content (AvgIpc) is 3.84. The Kier molecular flexibility index (Phi) is 22.0. The van der Waals surface area contributed by atoms with E-state index in [-0.39, 0.29) is 46.3 Å². The number of hydrogen-bond acceptors (Lipinski definition) is 12. The summed E-state index contributed by atoms with van der Waals surface area (Å²) in [7, 11) is 13.1. The van der Waals surface area contributed by atoms with E-state index in [0.29, 0.717) is 45.1 Å². The molecule has 8 aromatic carbocycles. The lowest BCUT2D eigenvalue weighted by Crippen LogP contribution is -2.27. The number of ketones is 2. The zero-order valence-electron chi connectivity index (χ0n) is 47.3. The van der Waals surface area contributed by atoms with Gasteiger partial charge < -0.3 is 31.5 Å². The standard InChI is InChI=1S/C25H25FN3O.C16H12FN3O3.C14H13FN2O.C11H13NO/c1-28(2)20-13-10-18(11-14-20)7-6-16-29(3)24-15-12-19(27)17-22(24)25(30)21-8-4-5-9-23(21)26;1-19-14-7-6-10(20(22)23)8-12(14)16(18-9-15(19)21)11-4-2-3-5-13(11)17;1-17-13-7-6-9(16)8-11(13)14(18)10-4-2-3-5-12(10)15;1-12(2)11-7-5-10(6-8-11)4-3-9-13/h4-17H,27H2,1-3H3;2-8H,9H2,1H3;2-8,17H,16H2,1H3;3-9H,1-2H3/q+1;;;/b;;;4-3+. The van der Waals surface area contributed by atoms with E-state index in [9.17, 15) is 42.5 Å². The largest absolute Gasteiger partial charge is 0.399 e. The molecule has 0 spiro atoms. The first-order valence-electron chi connectivity index (χ1n) is 26.0. The van der Waals surface area contributed by atoms with Crippen molar-refractivity contribution in [1.29, 1.82) is 0 Å². The number of allylic oxidation sites excluding steroid dienone is 2. The summed E-state index contributed by atoms with van der Waals surface area (Å²) in [5.41, 5.74) is 20.0. The lowest BCUT2D eigenvalue weighted by molar-refractivity contribution is -0.398. The lowest BCUT2D eigenvalue weighted by atomic mass is 9.99. The van der Waals surface area contributed by atoms with Gasteiger partial charge in [0, 0.05) is 112 Å². The Morgan fingerprint density at radius 2 is 1.13 bits per heavy atom. The Labute approximate surface area is 485 Å². The molecule has 18 heteroatoms. The highest BCUT2D eigenvalue weighted by atomic mass is 19.1. The van der Waals surface area contributed by atoms with E-state index in [0.717, 1.165) is 28.8 Å². The monoisotopic (exact) mass is 1130 g/mol. The molecule has 0 unspecified atom stereocenters. The first-order valence-corrected chi connectivity index (χ1v) is 26.0. The molecule has 1 amide bonds. The van der Waals surface area contributed by atoms with Crippen molar-refractivity contribution < 1.29 is 41.8 Å². The average molecular weight is 1140 g/mol. The minimum Gasteiger partial charge on any atom is -0.399 e. The number of fused-ring (bicyclic) bond motifs is 1. The molecule has 0 saturated carbocycles. The fraction of sp³-hybridized carbons (Fsp3) is 0.121. The van der Waals surface area contributed by atoms with Crippen LogP contribution in [0.2, 0.25) is 0 Å². The summed E-state index contributed by atoms with van der Waals surface area (Å²) in [4.78, 5) is 67.5. The van der Waals surface area contributed by atoms with Crippen molar-refractivity contribution in [2.75, 3.05) is 87.4 Å². The molecule has 0 fully saturated rings. The number of rotatable bonds is 14. The number of nitrogen functional groups attached to an aromatic ring is 2. The highest BCUT2D eigenvalue weighted by Crippen LogP contribution is 2.31. The van der Waals surface area contributed by atoms with Gasteiger partial charge in [-0.2, -0.15) is 0 Å². The van der Waals surface area contributed by atoms with Crippen LogP contribution >= 0.6 is 0 Å². The zero-order chi connectivity index (χ0) is 61.0. The summed E-state index contributed by atoms with van der Waals surface area (Å²) < 4.78 is 43.7. The van der Waals surface area contributed by atoms with Crippen LogP contribution in [0.25, 0.3) is 12.2 Å². The lowest BCUT2D eigenvalue weighted by Gasteiger charge is -2.17. The molecule has 1 aliphatic heterocycles. The molecule has 0 bridgehead atoms. The molecule has 0 aromatic heterocycles. The van der Waals surface area contributed by atoms with Crippen LogP contribution in [0.5, 0.6) is 0 Å². The van der Waals surface area contributed by atoms with Crippen molar-refractivity contribution in [2.45, 2.75) is 0 Å². The van der Waals surface area contributed by atoms with Crippen molar-refractivity contribution >= 4 is 93.3 Å². The van der Waals surface area contributed by atoms with Crippen LogP contribution in [0.1, 0.15) is 54.1 Å². The summed E-state index contributed by atoms with van der Waals surface area (Å²) in [5, 5.41) is 13.9. The molecule has 0 radical (unpaired) electrons. The Hall–Kier alpha value is -10.8. The van der Waals surface area contributed by atoms with Gasteiger partial charge in [-0.1, -0.05) is 66.7 Å². The highest BCUT2D eigenvalue weighted by Gasteiger charge is 2.27. The third-order valence-electron chi connectivity index (χ3n) is 12.9. The molecule has 15 nitrogen and oxygen atoms in total. The second kappa shape index (κ2) is 29.6. The summed E-state index contributed by atoms with van der Waals surface area (Å²) >= 11 is 0. The van der Waals surface area contributed by atoms with Crippen molar-refractivity contribution in [3.05, 3.63) is 260 Å². The number of nitro benzene ring substituents is 1. The number of amides is 1. The predicted molar refractivity (Wildman–Crippen MR) is 332 cm³/mol. The normalized spacial score (nSPS) is 11.8. The van der Waals surface area contributed by atoms with Crippen molar-refractivity contribution in [3.8, 4) is 0 Å². The number of likely N-dealkylation sites (N-methyl/N-ethyl adjacent to an activating group) is 1. The topological polar surface area (TPSA) is 201 Å². The van der Waals surface area contributed by atoms with Gasteiger partial charge in [-0.3, -0.25) is 34.3 Å². The van der Waals surface area contributed by atoms with E-state index in [2.05, 4.69) is 22.4 Å². The molecule has 84 heavy (non-hydrogen) atoms. The van der Waals surface area contributed by atoms with Gasteiger partial charge in [-0.15, -0.1) is 0 Å². The molecule has 1 heterocycles. The molecule has 428 valence electrons. The quantitative estimate of drug-likeness (QED) is 0.0137. The Bertz CT molecular complexity index is 3800. The highest BCUT2D eigenvalue weighted by molar-refractivity contribution is 6.20. The van der Waals surface area contributed by atoms with Gasteiger partial charge in [0.25, 0.3) is 5.69 Å². The number of anilines is 6. The summed E-state index contributed by atoms with van der Waals surface area (Å²) in [6, 6.07) is 48.1. The number of aldehydes is 1. The number of nitrogens with one attached hydrogen (secondary N) is 1. The van der Waals surface area contributed by atoms with Crippen molar-refractivity contribution in [2.24, 2.45) is 4.99 Å². The van der Waals surface area contributed by atoms with Gasteiger partial charge in [-0.05, 0) is 120 Å². The number of halogens is 3. The number of carbonyl (C=O) groups excluding carboxylic acids is 4. The SMILES string of the molecule is CN(C)c1ccc(/C=C/C=O)cc1.CN(C)c1ccc(/C=C/C=[N+](C)c2ccc(N)cc2C(=O)c2ccccc2F)cc1.CN1C(=O)CN=C(c2ccccc2F)c2cc([N+](=O)[O-])ccc21.CNc1ccc(N)cc1C(=O)c1ccccc1F. The van der Waals surface area contributed by atoms with Crippen LogP contribution in [0.15, 0.2) is 193 Å². The van der Waals surface area contributed by atoms with Gasteiger partial charge in [0.2, 0.25) is 17.4 Å². The van der Waals surface area contributed by atoms with Gasteiger partial charge >= 0.3 is 0 Å². The van der Waals surface area contributed by atoms with Gasteiger partial charge in [0.1, 0.15) is 37.3 Å². The number of nitrogens with two attached hydrogens (primary N) is 2. The van der Waals surface area contributed by atoms with Gasteiger partial charge in [-0.25, -0.2) is 17.7 Å². The zero-order valence-corrected chi connectivity index (χ0v) is 47.3. The number of nitro groups is 1. The Morgan fingerprint density at radius 1 is 0.631 bits per heavy atom. The maximum Gasteiger partial charge on any atom is 0.270 e. The molecule has 0 saturated heterocycles. The molecular weight excluding hydrogens is 1070 g/mol. The summed E-state index contributed by atoms with van der Waals surface area (Å²) in [6.45, 7) is -0.150. The molecule has 8 aromatic rings. The number of nitrogens with zero attached hydrogens (tertiary/aromatic N) is 6. The van der Waals surface area contributed by atoms with Crippen LogP contribution in [0, 0.1) is 27.6 Å². The fourth-order valence-electron chi connectivity index (χ4n) is 8.35. The third kappa shape index (κ3) is 16.4. The number of non-ortho nitro benzene ring substituents is 1. The van der Waals surface area contributed by atoms with Crippen LogP contribution in [0.3, 0.4) is 0 Å². The van der Waals surface area contributed by atoms with Gasteiger partial charge in [0.05, 0.1) is 33.0 Å². The number of aliphatic imine (C=N–C) groups is 1. The number of carbonyl (C=O) groups is 4. The summed E-state index contributed by atoms with van der Waals surface area (Å²) in [6.07, 6.45) is 9.78. The number of benzodiazepines with no additional fused rings is 1. The maximum absolute atomic E-state index is 14.1. The number of hydrogen-bond donors (Lipinski definition) is 3. The molecule has 9 rings (SSSR count). The third-order valence-corrected chi connectivity index (χ3v) is 12.9. The van der Waals surface area contributed by atoms with Crippen LogP contribution in [-0.4, -0.2) is 101 Å². The van der Waals surface area contributed by atoms with Gasteiger partial charge in [0.15, 0.2) is 12.0 Å². The van der Waals surface area contributed by atoms with E-state index < -0.39 is 28.2 Å². The molecule has 0 atom stereocenters. The van der Waals surface area contributed by atoms with Crippen LogP contribution in [0.4, 0.5) is 58.7 Å². The van der Waals surface area contributed by atoms with Crippen molar-refractivity contribution in [3.63, 3.8) is 0 Å². The molecule has 1 aliphatic rings. The fourth-order valence-corrected chi connectivity index (χ4v) is 8.35. The first kappa shape index (κ1) is 62.4. The van der Waals surface area contributed by atoms with E-state index in [1.165, 1.54) is 65.6 Å². The molecule has 5 N–H and O–H groups in total. The summed E-state index contributed by atoms with van der Waals surface area (Å²) in [5.74, 6) is -2.65. The second-order valence-electron chi connectivity index (χ2n) is 19.1. The van der Waals surface area contributed by atoms with Crippen molar-refractivity contribution in [1.82, 2.24) is 0 Å². The predicted octanol–water partition coefficient (Wildman–Crippen LogP) is 12.0. The van der Waals surface area contributed by atoms with E-state index in [1.54, 1.807) is 93.0 Å². The van der Waals surface area contributed by atoms with Crippen LogP contribution < -0.4 is 31.5 Å². The Morgan fingerprint density at radius 3 is 1.64 bits per heavy atom. The van der Waals surface area contributed by atoms with E-state index in [4.69, 9.17) is 11.5 Å². The second-order valence-corrected chi connectivity index (χ2v) is 19.1. The smallest absolute Gasteiger partial charge is 0.270 e. The molecule has 0 aliphatic carbocycles. The first-order chi connectivity index (χ1) is 40.2. The maximum atomic E-state index is 14.1. The number of benzene rings is 8. The molecular formula is C66H63F3N9O6+. The minimum atomic E-state index is -0.552. The van der Waals surface area contributed by atoms with E-state index in [1.807, 2.05) is 104 Å². The minimum absolute atomic E-state index is 0.0225. The Balaban J connectivity index is 0.000000187. The van der Waals surface area contributed by atoms with E-state index >= 15 is 0 Å².